The van der Waals surface area contributed by atoms with Crippen LogP contribution in [0, 0.1) is 11.6 Å². The van der Waals surface area contributed by atoms with Crippen molar-refractivity contribution in [2.45, 2.75) is 10.6 Å². The highest BCUT2D eigenvalue weighted by Gasteiger charge is 2.15. The van der Waals surface area contributed by atoms with Gasteiger partial charge in [0.2, 0.25) is 0 Å². The Balaban J connectivity index is 2.20. The van der Waals surface area contributed by atoms with Crippen molar-refractivity contribution < 1.29 is 23.1 Å². The number of carbonyl (C=O) groups is 1. The maximum atomic E-state index is 13.5. The van der Waals surface area contributed by atoms with E-state index >= 15 is 0 Å². The van der Waals surface area contributed by atoms with Crippen LogP contribution in [0.2, 0.25) is 0 Å². The zero-order valence-electron chi connectivity index (χ0n) is 9.02. The monoisotopic (exact) mass is 270 g/mol. The molecule has 0 saturated carbocycles. The van der Waals surface area contributed by atoms with Crippen molar-refractivity contribution in [2.24, 2.45) is 0 Å². The van der Waals surface area contributed by atoms with Crippen LogP contribution in [0.5, 0.6) is 0 Å². The van der Waals surface area contributed by atoms with Crippen LogP contribution in [0.15, 0.2) is 39.8 Å². The molecule has 0 atom stereocenters. The lowest BCUT2D eigenvalue weighted by molar-refractivity contribution is 0.0695. The first-order valence-corrected chi connectivity index (χ1v) is 5.94. The molecule has 1 N–H and O–H groups in total. The van der Waals surface area contributed by atoms with Gasteiger partial charge in [-0.2, -0.15) is 0 Å². The van der Waals surface area contributed by atoms with E-state index in [2.05, 4.69) is 0 Å². The van der Waals surface area contributed by atoms with Crippen molar-refractivity contribution >= 4 is 17.7 Å². The Morgan fingerprint density at radius 1 is 1.33 bits per heavy atom. The SMILES string of the molecule is O=C(O)c1cc(F)c(SCc2ccco2)c(F)c1. The lowest BCUT2D eigenvalue weighted by Crippen LogP contribution is -2.00. The van der Waals surface area contributed by atoms with Gasteiger partial charge in [0.05, 0.1) is 22.5 Å². The standard InChI is InChI=1S/C12H8F2O3S/c13-9-4-7(12(15)16)5-10(14)11(9)18-6-8-2-1-3-17-8/h1-5H,6H2,(H,15,16). The largest absolute Gasteiger partial charge is 0.478 e. The molecule has 1 aromatic heterocycles. The molecule has 0 saturated heterocycles. The van der Waals surface area contributed by atoms with E-state index in [9.17, 15) is 13.6 Å². The van der Waals surface area contributed by atoms with Gasteiger partial charge >= 0.3 is 5.97 Å². The summed E-state index contributed by atoms with van der Waals surface area (Å²) >= 11 is 0.915. The minimum absolute atomic E-state index is 0.212. The molecule has 0 fully saturated rings. The Labute approximate surface area is 105 Å². The van der Waals surface area contributed by atoms with Crippen LogP contribution in [-0.4, -0.2) is 11.1 Å². The Morgan fingerprint density at radius 2 is 2.00 bits per heavy atom. The summed E-state index contributed by atoms with van der Waals surface area (Å²) in [6.45, 7) is 0. The molecule has 1 aromatic carbocycles. The van der Waals surface area contributed by atoms with Gasteiger partial charge in [-0.1, -0.05) is 0 Å². The number of furan rings is 1. The van der Waals surface area contributed by atoms with Gasteiger partial charge in [0.15, 0.2) is 0 Å². The molecule has 0 spiro atoms. The van der Waals surface area contributed by atoms with Crippen LogP contribution in [0.4, 0.5) is 8.78 Å². The first kappa shape index (κ1) is 12.6. The van der Waals surface area contributed by atoms with Crippen LogP contribution < -0.4 is 0 Å². The second-order valence-electron chi connectivity index (χ2n) is 3.44. The maximum absolute atomic E-state index is 13.5. The van der Waals surface area contributed by atoms with Crippen LogP contribution in [0.3, 0.4) is 0 Å². The maximum Gasteiger partial charge on any atom is 0.335 e. The number of hydrogen-bond acceptors (Lipinski definition) is 3. The van der Waals surface area contributed by atoms with Crippen molar-refractivity contribution in [1.29, 1.82) is 0 Å². The number of carboxylic acids is 1. The molecule has 6 heteroatoms. The van der Waals surface area contributed by atoms with E-state index in [1.807, 2.05) is 0 Å². The third-order valence-electron chi connectivity index (χ3n) is 2.18. The van der Waals surface area contributed by atoms with Gasteiger partial charge in [-0.25, -0.2) is 13.6 Å². The second kappa shape index (κ2) is 5.22. The fourth-order valence-corrected chi connectivity index (χ4v) is 2.20. The molecule has 18 heavy (non-hydrogen) atoms. The average molecular weight is 270 g/mol. The third-order valence-corrected chi connectivity index (χ3v) is 3.29. The molecule has 2 rings (SSSR count). The first-order valence-electron chi connectivity index (χ1n) is 4.95. The third kappa shape index (κ3) is 2.70. The molecular formula is C12H8F2O3S. The predicted octanol–water partition coefficient (Wildman–Crippen LogP) is 3.55. The number of halogens is 2. The van der Waals surface area contributed by atoms with E-state index < -0.39 is 23.2 Å². The number of benzene rings is 1. The van der Waals surface area contributed by atoms with Crippen LogP contribution in [0.1, 0.15) is 16.1 Å². The topological polar surface area (TPSA) is 50.4 Å². The number of carboxylic acid groups (broad SMARTS) is 1. The lowest BCUT2D eigenvalue weighted by atomic mass is 10.2. The van der Waals surface area contributed by atoms with Gasteiger partial charge in [0, 0.05) is 0 Å². The van der Waals surface area contributed by atoms with Crippen molar-refractivity contribution in [3.63, 3.8) is 0 Å². The summed E-state index contributed by atoms with van der Waals surface area (Å²) in [4.78, 5) is 10.4. The van der Waals surface area contributed by atoms with Gasteiger partial charge < -0.3 is 9.52 Å². The van der Waals surface area contributed by atoms with Gasteiger partial charge in [-0.05, 0) is 24.3 Å². The van der Waals surface area contributed by atoms with Crippen LogP contribution in [-0.2, 0) is 5.75 Å². The van der Waals surface area contributed by atoms with Gasteiger partial charge in [0.1, 0.15) is 17.4 Å². The van der Waals surface area contributed by atoms with E-state index in [0.29, 0.717) is 5.76 Å². The summed E-state index contributed by atoms with van der Waals surface area (Å²) in [5, 5.41) is 8.65. The zero-order chi connectivity index (χ0) is 13.1. The molecule has 2 aromatic rings. The Bertz CT molecular complexity index is 544. The molecule has 0 aliphatic carbocycles. The summed E-state index contributed by atoms with van der Waals surface area (Å²) in [5.41, 5.74) is -0.410. The lowest BCUT2D eigenvalue weighted by Gasteiger charge is -2.05. The first-order chi connectivity index (χ1) is 8.58. The molecule has 1 heterocycles. The van der Waals surface area contributed by atoms with Gasteiger partial charge in [0.25, 0.3) is 0 Å². The molecule has 0 aliphatic heterocycles. The summed E-state index contributed by atoms with van der Waals surface area (Å²) in [7, 11) is 0. The van der Waals surface area contributed by atoms with Gasteiger partial charge in [-0.3, -0.25) is 0 Å². The number of hydrogen-bond donors (Lipinski definition) is 1. The minimum atomic E-state index is -1.37. The number of thioether (sulfide) groups is 1. The normalized spacial score (nSPS) is 10.6. The average Bonchev–Trinajstić information content (AvgIpc) is 2.80. The Kier molecular flexibility index (Phi) is 3.66. The smallest absolute Gasteiger partial charge is 0.335 e. The van der Waals surface area contributed by atoms with Crippen molar-refractivity contribution in [3.05, 3.63) is 53.5 Å². The predicted molar refractivity (Wildman–Crippen MR) is 61.6 cm³/mol. The highest BCUT2D eigenvalue weighted by molar-refractivity contribution is 7.98. The van der Waals surface area contributed by atoms with Crippen LogP contribution in [0.25, 0.3) is 0 Å². The molecule has 0 bridgehead atoms. The summed E-state index contributed by atoms with van der Waals surface area (Å²) in [6, 6.07) is 4.97. The molecule has 0 aliphatic rings. The van der Waals surface area contributed by atoms with Crippen molar-refractivity contribution in [2.75, 3.05) is 0 Å². The molecule has 3 nitrogen and oxygen atoms in total. The minimum Gasteiger partial charge on any atom is -0.478 e. The van der Waals surface area contributed by atoms with Crippen LogP contribution >= 0.6 is 11.8 Å². The molecular weight excluding hydrogens is 262 g/mol. The molecule has 0 radical (unpaired) electrons. The fourth-order valence-electron chi connectivity index (χ4n) is 1.36. The van der Waals surface area contributed by atoms with E-state index in [1.165, 1.54) is 6.26 Å². The van der Waals surface area contributed by atoms with E-state index in [1.54, 1.807) is 12.1 Å². The summed E-state index contributed by atoms with van der Waals surface area (Å²) in [6.07, 6.45) is 1.47. The second-order valence-corrected chi connectivity index (χ2v) is 4.43. The summed E-state index contributed by atoms with van der Waals surface area (Å²) in [5.74, 6) is -2.28. The van der Waals surface area contributed by atoms with Gasteiger partial charge in [-0.15, -0.1) is 11.8 Å². The van der Waals surface area contributed by atoms with Crippen molar-refractivity contribution in [3.8, 4) is 0 Å². The number of rotatable bonds is 4. The quantitative estimate of drug-likeness (QED) is 0.863. The Hall–Kier alpha value is -1.82. The molecule has 0 unspecified atom stereocenters. The molecule has 0 amide bonds. The molecule has 94 valence electrons. The van der Waals surface area contributed by atoms with Crippen molar-refractivity contribution in [1.82, 2.24) is 0 Å². The highest BCUT2D eigenvalue weighted by Crippen LogP contribution is 2.29. The summed E-state index contributed by atoms with van der Waals surface area (Å²) < 4.78 is 32.1. The van der Waals surface area contributed by atoms with E-state index in [-0.39, 0.29) is 10.6 Å². The zero-order valence-corrected chi connectivity index (χ0v) is 9.84. The number of aromatic carboxylic acids is 1. The van der Waals surface area contributed by atoms with E-state index in [0.717, 1.165) is 23.9 Å². The fraction of sp³-hybridized carbons (Fsp3) is 0.0833. The Morgan fingerprint density at radius 3 is 2.50 bits per heavy atom. The highest BCUT2D eigenvalue weighted by atomic mass is 32.2. The van der Waals surface area contributed by atoms with E-state index in [4.69, 9.17) is 9.52 Å².